The number of benzene rings is 2. The molecule has 3 aromatic rings. The Morgan fingerprint density at radius 2 is 1.59 bits per heavy atom. The van der Waals surface area contributed by atoms with Gasteiger partial charge in [-0.1, -0.05) is 30.3 Å². The number of alkyl halides is 3. The zero-order valence-corrected chi connectivity index (χ0v) is 14.2. The average Bonchev–Trinajstić information content (AvgIpc) is 2.64. The van der Waals surface area contributed by atoms with Gasteiger partial charge in [0.25, 0.3) is 5.56 Å². The molecule has 1 heterocycles. The lowest BCUT2D eigenvalue weighted by atomic mass is 10.2. The molecule has 8 heteroatoms. The molecule has 0 saturated carbocycles. The Balaban J connectivity index is 1.88. The first kappa shape index (κ1) is 18.5. The number of aromatic nitrogens is 2. The second-order valence-electron chi connectivity index (χ2n) is 5.81. The molecule has 5 nitrogen and oxygen atoms in total. The van der Waals surface area contributed by atoms with Gasteiger partial charge in [0.05, 0.1) is 5.69 Å². The van der Waals surface area contributed by atoms with E-state index in [4.69, 9.17) is 4.74 Å². The highest BCUT2D eigenvalue weighted by molar-refractivity contribution is 5.37. The van der Waals surface area contributed by atoms with Gasteiger partial charge in [0.2, 0.25) is 0 Å². The minimum absolute atomic E-state index is 0.154. The van der Waals surface area contributed by atoms with Crippen LogP contribution in [0.5, 0.6) is 5.75 Å². The van der Waals surface area contributed by atoms with Gasteiger partial charge in [-0.15, -0.1) is 0 Å². The van der Waals surface area contributed by atoms with Crippen LogP contribution in [-0.4, -0.2) is 9.13 Å². The number of halogens is 3. The van der Waals surface area contributed by atoms with Gasteiger partial charge in [-0.05, 0) is 29.8 Å². The van der Waals surface area contributed by atoms with Crippen LogP contribution in [0.4, 0.5) is 13.2 Å². The highest BCUT2D eigenvalue weighted by atomic mass is 19.4. The molecule has 0 aliphatic carbocycles. The van der Waals surface area contributed by atoms with Crippen molar-refractivity contribution in [3.8, 4) is 11.4 Å². The van der Waals surface area contributed by atoms with E-state index in [1.165, 1.54) is 12.1 Å². The molecule has 0 spiro atoms. The molecule has 0 N–H and O–H groups in total. The van der Waals surface area contributed by atoms with Crippen LogP contribution >= 0.6 is 0 Å². The number of hydrogen-bond acceptors (Lipinski definition) is 3. The minimum Gasteiger partial charge on any atom is -0.489 e. The smallest absolute Gasteiger partial charge is 0.431 e. The Morgan fingerprint density at radius 3 is 2.19 bits per heavy atom. The van der Waals surface area contributed by atoms with Gasteiger partial charge >= 0.3 is 11.9 Å². The number of hydrogen-bond donors (Lipinski definition) is 0. The monoisotopic (exact) mass is 376 g/mol. The third-order valence-corrected chi connectivity index (χ3v) is 3.95. The highest BCUT2D eigenvalue weighted by Crippen LogP contribution is 2.27. The molecule has 0 radical (unpaired) electrons. The Hall–Kier alpha value is -3.29. The molecule has 0 fully saturated rings. The van der Waals surface area contributed by atoms with E-state index in [0.29, 0.717) is 27.6 Å². The summed E-state index contributed by atoms with van der Waals surface area (Å²) in [5.74, 6) is 0.499. The highest BCUT2D eigenvalue weighted by Gasteiger charge is 2.35. The zero-order valence-electron chi connectivity index (χ0n) is 14.2. The summed E-state index contributed by atoms with van der Waals surface area (Å²) in [5, 5.41) is 0. The first-order chi connectivity index (χ1) is 12.8. The first-order valence-electron chi connectivity index (χ1n) is 7.95. The summed E-state index contributed by atoms with van der Waals surface area (Å²) >= 11 is 0. The molecule has 1 aromatic heterocycles. The van der Waals surface area contributed by atoms with Gasteiger partial charge in [0.15, 0.2) is 0 Å². The summed E-state index contributed by atoms with van der Waals surface area (Å²) in [6.07, 6.45) is -4.79. The maximum atomic E-state index is 12.9. The quantitative estimate of drug-likeness (QED) is 0.703. The molecule has 0 bridgehead atoms. The third-order valence-electron chi connectivity index (χ3n) is 3.95. The van der Waals surface area contributed by atoms with E-state index in [1.807, 2.05) is 30.3 Å². The van der Waals surface area contributed by atoms with Crippen molar-refractivity contribution >= 4 is 0 Å². The normalized spacial score (nSPS) is 11.4. The molecule has 0 unspecified atom stereocenters. The summed E-state index contributed by atoms with van der Waals surface area (Å²) in [6, 6.07) is 15.8. The average molecular weight is 376 g/mol. The van der Waals surface area contributed by atoms with Crippen LogP contribution in [0.15, 0.2) is 70.3 Å². The first-order valence-corrected chi connectivity index (χ1v) is 7.95. The molecule has 140 valence electrons. The fraction of sp³-hybridized carbons (Fsp3) is 0.158. The molecule has 27 heavy (non-hydrogen) atoms. The van der Waals surface area contributed by atoms with E-state index in [2.05, 4.69) is 0 Å². The van der Waals surface area contributed by atoms with Crippen molar-refractivity contribution in [2.75, 3.05) is 0 Å². The van der Waals surface area contributed by atoms with Crippen molar-refractivity contribution in [3.05, 3.63) is 92.8 Å². The van der Waals surface area contributed by atoms with Gasteiger partial charge in [-0.2, -0.15) is 13.2 Å². The van der Waals surface area contributed by atoms with E-state index >= 15 is 0 Å². The van der Waals surface area contributed by atoms with E-state index in [0.717, 1.165) is 12.6 Å². The van der Waals surface area contributed by atoms with E-state index in [1.54, 1.807) is 12.1 Å². The van der Waals surface area contributed by atoms with E-state index in [-0.39, 0.29) is 5.69 Å². The zero-order chi connectivity index (χ0) is 19.6. The van der Waals surface area contributed by atoms with Crippen molar-refractivity contribution in [2.45, 2.75) is 12.8 Å². The topological polar surface area (TPSA) is 53.2 Å². The Morgan fingerprint density at radius 1 is 0.963 bits per heavy atom. The Kier molecular flexibility index (Phi) is 4.89. The molecule has 0 aliphatic heterocycles. The molecule has 0 amide bonds. The predicted molar refractivity (Wildman–Crippen MR) is 93.1 cm³/mol. The van der Waals surface area contributed by atoms with Crippen LogP contribution < -0.4 is 16.0 Å². The molecule has 3 rings (SSSR count). The number of rotatable bonds is 4. The summed E-state index contributed by atoms with van der Waals surface area (Å²) in [6.45, 7) is 0.335. The van der Waals surface area contributed by atoms with Crippen LogP contribution in [0.2, 0.25) is 0 Å². The van der Waals surface area contributed by atoms with Crippen molar-refractivity contribution in [3.63, 3.8) is 0 Å². The number of nitrogens with zero attached hydrogens (tertiary/aromatic N) is 2. The fourth-order valence-electron chi connectivity index (χ4n) is 2.57. The standard InChI is InChI=1S/C19H15F3N2O3/c1-23-16(19(20,21)22)11-17(25)24(18(23)26)14-7-9-15(10-8-14)27-12-13-5-3-2-4-6-13/h2-11H,12H2,1H3. The van der Waals surface area contributed by atoms with Crippen LogP contribution in [0, 0.1) is 0 Å². The minimum atomic E-state index is -4.79. The summed E-state index contributed by atoms with van der Waals surface area (Å²) < 4.78 is 45.4. The van der Waals surface area contributed by atoms with Crippen molar-refractivity contribution in [1.82, 2.24) is 9.13 Å². The fourth-order valence-corrected chi connectivity index (χ4v) is 2.57. The lowest BCUT2D eigenvalue weighted by Crippen LogP contribution is -2.40. The summed E-state index contributed by atoms with van der Waals surface area (Å²) in [5.41, 5.74) is -2.30. The summed E-state index contributed by atoms with van der Waals surface area (Å²) in [7, 11) is 0.971. The van der Waals surface area contributed by atoms with Crippen molar-refractivity contribution in [2.24, 2.45) is 7.05 Å². The lowest BCUT2D eigenvalue weighted by molar-refractivity contribution is -0.144. The molecule has 0 atom stereocenters. The van der Waals surface area contributed by atoms with Gasteiger partial charge in [-0.25, -0.2) is 9.36 Å². The van der Waals surface area contributed by atoms with Gasteiger partial charge < -0.3 is 4.74 Å². The molecular weight excluding hydrogens is 361 g/mol. The molecule has 0 aliphatic rings. The Bertz CT molecular complexity index is 1050. The number of ether oxygens (including phenoxy) is 1. The molecule has 0 saturated heterocycles. The van der Waals surface area contributed by atoms with E-state index in [9.17, 15) is 22.8 Å². The second kappa shape index (κ2) is 7.14. The van der Waals surface area contributed by atoms with Crippen molar-refractivity contribution in [1.29, 1.82) is 0 Å². The SMILES string of the molecule is Cn1c(C(F)(F)F)cc(=O)n(-c2ccc(OCc3ccccc3)cc2)c1=O. The summed E-state index contributed by atoms with van der Waals surface area (Å²) in [4.78, 5) is 24.3. The maximum Gasteiger partial charge on any atom is 0.431 e. The van der Waals surface area contributed by atoms with Crippen LogP contribution in [0.25, 0.3) is 5.69 Å². The Labute approximate surface area is 151 Å². The van der Waals surface area contributed by atoms with Gasteiger partial charge in [0, 0.05) is 13.1 Å². The van der Waals surface area contributed by atoms with Gasteiger partial charge in [0.1, 0.15) is 18.1 Å². The molecule has 2 aromatic carbocycles. The molecular formula is C19H15F3N2O3. The van der Waals surface area contributed by atoms with Crippen LogP contribution in [0.1, 0.15) is 11.3 Å². The largest absolute Gasteiger partial charge is 0.489 e. The predicted octanol–water partition coefficient (Wildman–Crippen LogP) is 3.13. The third kappa shape index (κ3) is 3.94. The lowest BCUT2D eigenvalue weighted by Gasteiger charge is -2.14. The van der Waals surface area contributed by atoms with Crippen LogP contribution in [-0.2, 0) is 19.8 Å². The van der Waals surface area contributed by atoms with E-state index < -0.39 is 23.1 Å². The van der Waals surface area contributed by atoms with Gasteiger partial charge in [-0.3, -0.25) is 9.36 Å². The van der Waals surface area contributed by atoms with Crippen LogP contribution in [0.3, 0.4) is 0 Å². The maximum absolute atomic E-state index is 12.9. The second-order valence-corrected chi connectivity index (χ2v) is 5.81. The van der Waals surface area contributed by atoms with Crippen molar-refractivity contribution < 1.29 is 17.9 Å².